The molecule has 0 atom stereocenters. The van der Waals surface area contributed by atoms with Crippen molar-refractivity contribution in [1.29, 1.82) is 0 Å². The quantitative estimate of drug-likeness (QED) is 0.422. The van der Waals surface area contributed by atoms with E-state index in [1.807, 2.05) is 44.2 Å². The van der Waals surface area contributed by atoms with Gasteiger partial charge in [-0.25, -0.2) is 5.01 Å². The predicted molar refractivity (Wildman–Crippen MR) is 113 cm³/mol. The number of hydrogen-bond donors (Lipinski definition) is 0. The average molecular weight is 411 g/mol. The van der Waals surface area contributed by atoms with Gasteiger partial charge >= 0.3 is 0 Å². The summed E-state index contributed by atoms with van der Waals surface area (Å²) >= 11 is 6.06. The molecule has 0 amide bonds. The van der Waals surface area contributed by atoms with Crippen LogP contribution in [0.5, 0.6) is 0 Å². The van der Waals surface area contributed by atoms with Crippen molar-refractivity contribution in [3.8, 4) is 5.69 Å². The van der Waals surface area contributed by atoms with E-state index < -0.39 is 5.54 Å². The third-order valence-electron chi connectivity index (χ3n) is 5.78. The van der Waals surface area contributed by atoms with E-state index in [-0.39, 0.29) is 0 Å². The molecule has 0 saturated heterocycles. The van der Waals surface area contributed by atoms with Crippen LogP contribution >= 0.6 is 11.6 Å². The van der Waals surface area contributed by atoms with Gasteiger partial charge in [-0.05, 0) is 72.5 Å². The molecule has 0 radical (unpaired) electrons. The summed E-state index contributed by atoms with van der Waals surface area (Å²) in [6.45, 7) is 4.08. The Hall–Kier alpha value is -2.80. The van der Waals surface area contributed by atoms with Crippen LogP contribution in [0.1, 0.15) is 49.1 Å². The molecular formula is C21H23ClN6O. The summed E-state index contributed by atoms with van der Waals surface area (Å²) in [5, 5.41) is 18.3. The normalized spacial score (nSPS) is 15.8. The monoisotopic (exact) mass is 410 g/mol. The zero-order valence-corrected chi connectivity index (χ0v) is 17.3. The van der Waals surface area contributed by atoms with E-state index in [1.54, 1.807) is 16.8 Å². The van der Waals surface area contributed by atoms with Crippen LogP contribution in [0, 0.1) is 18.8 Å². The van der Waals surface area contributed by atoms with E-state index in [9.17, 15) is 4.91 Å². The lowest BCUT2D eigenvalue weighted by Crippen LogP contribution is -2.47. The number of nitrogens with zero attached hydrogens (tertiary/aromatic N) is 6. The van der Waals surface area contributed by atoms with E-state index in [0.717, 1.165) is 48.9 Å². The lowest BCUT2D eigenvalue weighted by Gasteiger charge is -2.41. The maximum absolute atomic E-state index is 12.1. The first-order chi connectivity index (χ1) is 14.1. The van der Waals surface area contributed by atoms with Crippen molar-refractivity contribution in [2.45, 2.75) is 51.5 Å². The summed E-state index contributed by atoms with van der Waals surface area (Å²) in [6.07, 6.45) is 4.54. The zero-order valence-electron chi connectivity index (χ0n) is 16.5. The van der Waals surface area contributed by atoms with Gasteiger partial charge < -0.3 is 0 Å². The molecule has 1 aliphatic carbocycles. The molecule has 1 heterocycles. The van der Waals surface area contributed by atoms with Crippen molar-refractivity contribution >= 4 is 17.3 Å². The number of tetrazole rings is 1. The Morgan fingerprint density at radius 2 is 1.69 bits per heavy atom. The van der Waals surface area contributed by atoms with Crippen LogP contribution in [0.3, 0.4) is 0 Å². The minimum Gasteiger partial charge on any atom is -0.215 e. The summed E-state index contributed by atoms with van der Waals surface area (Å²) in [5.74, 6) is 0.643. The van der Waals surface area contributed by atoms with Gasteiger partial charge in [-0.1, -0.05) is 49.1 Å². The van der Waals surface area contributed by atoms with Crippen molar-refractivity contribution in [1.82, 2.24) is 20.2 Å². The molecule has 7 nitrogen and oxygen atoms in total. The molecule has 29 heavy (non-hydrogen) atoms. The third-order valence-corrected chi connectivity index (χ3v) is 6.03. The van der Waals surface area contributed by atoms with Crippen molar-refractivity contribution in [2.75, 3.05) is 5.01 Å². The van der Waals surface area contributed by atoms with Gasteiger partial charge in [-0.15, -0.1) is 10.0 Å². The van der Waals surface area contributed by atoms with Crippen LogP contribution < -0.4 is 5.01 Å². The molecule has 2 aromatic carbocycles. The Kier molecular flexibility index (Phi) is 5.32. The fourth-order valence-electron chi connectivity index (χ4n) is 4.39. The van der Waals surface area contributed by atoms with Gasteiger partial charge in [0.25, 0.3) is 0 Å². The second kappa shape index (κ2) is 7.91. The Bertz CT molecular complexity index is 990. The summed E-state index contributed by atoms with van der Waals surface area (Å²) < 4.78 is 1.78. The lowest BCUT2D eigenvalue weighted by atomic mass is 9.80. The standard InChI is InChI=1S/C21H23ClN6O/c1-15-7-6-8-16(2)19(15)27-20(23-24-25-27)21(13-4-3-5-14-21)28(26-29)18-11-9-17(22)10-12-18/h6-12H,3-5,13-14H2,1-2H3. The summed E-state index contributed by atoms with van der Waals surface area (Å²) in [4.78, 5) is 12.1. The third kappa shape index (κ3) is 3.40. The maximum atomic E-state index is 12.1. The number of hydrogen-bond acceptors (Lipinski definition) is 5. The minimum atomic E-state index is -0.716. The average Bonchev–Trinajstić information content (AvgIpc) is 3.20. The molecule has 8 heteroatoms. The van der Waals surface area contributed by atoms with E-state index in [1.165, 1.54) is 5.01 Å². The highest BCUT2D eigenvalue weighted by Gasteiger charge is 2.46. The van der Waals surface area contributed by atoms with Gasteiger partial charge in [0.15, 0.2) is 5.82 Å². The van der Waals surface area contributed by atoms with Gasteiger partial charge in [0, 0.05) is 5.02 Å². The molecule has 150 valence electrons. The Morgan fingerprint density at radius 1 is 1.03 bits per heavy atom. The number of rotatable bonds is 5. The Balaban J connectivity index is 1.90. The molecule has 1 aliphatic rings. The van der Waals surface area contributed by atoms with Gasteiger partial charge in [-0.3, -0.25) is 0 Å². The largest absolute Gasteiger partial charge is 0.215 e. The zero-order chi connectivity index (χ0) is 20.4. The van der Waals surface area contributed by atoms with E-state index in [4.69, 9.17) is 11.6 Å². The first-order valence-electron chi connectivity index (χ1n) is 9.81. The van der Waals surface area contributed by atoms with Crippen molar-refractivity contribution < 1.29 is 0 Å². The summed E-state index contributed by atoms with van der Waals surface area (Å²) in [7, 11) is 0. The molecule has 1 fully saturated rings. The number of aryl methyl sites for hydroxylation is 2. The molecule has 1 aromatic heterocycles. The lowest BCUT2D eigenvalue weighted by molar-refractivity contribution is 0.260. The van der Waals surface area contributed by atoms with Crippen LogP contribution in [0.4, 0.5) is 5.69 Å². The molecule has 0 spiro atoms. The highest BCUT2D eigenvalue weighted by atomic mass is 35.5. The van der Waals surface area contributed by atoms with Crippen LogP contribution in [-0.2, 0) is 5.54 Å². The fourth-order valence-corrected chi connectivity index (χ4v) is 4.52. The molecule has 0 aliphatic heterocycles. The summed E-state index contributed by atoms with van der Waals surface area (Å²) in [6, 6.07) is 13.2. The molecule has 0 bridgehead atoms. The maximum Gasteiger partial charge on any atom is 0.184 e. The smallest absolute Gasteiger partial charge is 0.184 e. The van der Waals surface area contributed by atoms with Crippen LogP contribution in [0.2, 0.25) is 5.02 Å². The number of anilines is 1. The molecular weight excluding hydrogens is 388 g/mol. The second-order valence-corrected chi connectivity index (χ2v) is 8.05. The van der Waals surface area contributed by atoms with Crippen LogP contribution in [0.25, 0.3) is 5.69 Å². The van der Waals surface area contributed by atoms with Crippen molar-refractivity contribution in [3.63, 3.8) is 0 Å². The van der Waals surface area contributed by atoms with E-state index in [0.29, 0.717) is 16.5 Å². The fraction of sp³-hybridized carbons (Fsp3) is 0.381. The molecule has 4 rings (SSSR count). The molecule has 3 aromatic rings. The SMILES string of the molecule is Cc1cccc(C)c1-n1nnnc1C1(N(N=O)c2ccc(Cl)cc2)CCCCC1. The first-order valence-corrected chi connectivity index (χ1v) is 10.2. The van der Waals surface area contributed by atoms with Crippen molar-refractivity contribution in [3.05, 3.63) is 69.3 Å². The second-order valence-electron chi connectivity index (χ2n) is 7.62. The Labute approximate surface area is 174 Å². The number of para-hydroxylation sites is 1. The minimum absolute atomic E-state index is 0.609. The van der Waals surface area contributed by atoms with Crippen LogP contribution in [0.15, 0.2) is 47.8 Å². The molecule has 0 N–H and O–H groups in total. The van der Waals surface area contributed by atoms with Gasteiger partial charge in [-0.2, -0.15) is 4.68 Å². The van der Waals surface area contributed by atoms with Gasteiger partial charge in [0.2, 0.25) is 0 Å². The van der Waals surface area contributed by atoms with E-state index in [2.05, 4.69) is 20.8 Å². The van der Waals surface area contributed by atoms with Crippen LogP contribution in [-0.4, -0.2) is 20.2 Å². The number of aromatic nitrogens is 4. The van der Waals surface area contributed by atoms with Gasteiger partial charge in [0.05, 0.1) is 16.7 Å². The molecule has 0 unspecified atom stereocenters. The highest BCUT2D eigenvalue weighted by Crippen LogP contribution is 2.44. The number of halogens is 1. The molecule has 1 saturated carbocycles. The first kappa shape index (κ1) is 19.5. The van der Waals surface area contributed by atoms with Crippen molar-refractivity contribution in [2.24, 2.45) is 5.29 Å². The number of nitroso groups, excluding NO2 is 1. The van der Waals surface area contributed by atoms with E-state index >= 15 is 0 Å². The number of benzene rings is 2. The Morgan fingerprint density at radius 3 is 2.31 bits per heavy atom. The predicted octanol–water partition coefficient (Wildman–Crippen LogP) is 5.28. The van der Waals surface area contributed by atoms with Gasteiger partial charge in [0.1, 0.15) is 5.54 Å². The topological polar surface area (TPSA) is 76.3 Å². The summed E-state index contributed by atoms with van der Waals surface area (Å²) in [5.41, 5.74) is 3.05. The highest BCUT2D eigenvalue weighted by molar-refractivity contribution is 6.30.